The number of Topliss-reactive ketones (excluding diaryl/α,β-unsaturated/α-hetero) is 1. The second-order valence-electron chi connectivity index (χ2n) is 5.98. The molecule has 2 nitrogen and oxygen atoms in total. The molecular formula is C17H20O2. The molecule has 3 rings (SSSR count). The van der Waals surface area contributed by atoms with E-state index in [1.165, 1.54) is 16.7 Å². The van der Waals surface area contributed by atoms with Gasteiger partial charge in [0.15, 0.2) is 0 Å². The maximum absolute atomic E-state index is 12.6. The molecule has 1 N–H and O–H groups in total. The smallest absolute Gasteiger partial charge is 0.143 e. The molecule has 0 amide bonds. The summed E-state index contributed by atoms with van der Waals surface area (Å²) in [7, 11) is 0. The highest BCUT2D eigenvalue weighted by Crippen LogP contribution is 2.53. The molecule has 100 valence electrons. The molecule has 0 bridgehead atoms. The lowest BCUT2D eigenvalue weighted by atomic mass is 9.57. The topological polar surface area (TPSA) is 37.3 Å². The molecule has 0 aliphatic heterocycles. The number of aromatic hydroxyl groups is 1. The Morgan fingerprint density at radius 2 is 2.21 bits per heavy atom. The molecule has 2 atom stereocenters. The summed E-state index contributed by atoms with van der Waals surface area (Å²) in [6, 6.07) is 5.60. The SMILES string of the molecule is CC[C@@]12CCc3cc(O)ccc3C1C=C(C)CC2=O. The summed E-state index contributed by atoms with van der Waals surface area (Å²) in [6.45, 7) is 4.18. The first kappa shape index (κ1) is 12.5. The normalized spacial score (nSPS) is 29.5. The van der Waals surface area contributed by atoms with Gasteiger partial charge < -0.3 is 5.11 Å². The van der Waals surface area contributed by atoms with Crippen LogP contribution in [-0.2, 0) is 11.2 Å². The highest BCUT2D eigenvalue weighted by atomic mass is 16.3. The Balaban J connectivity index is 2.18. The van der Waals surface area contributed by atoms with Crippen LogP contribution >= 0.6 is 0 Å². The van der Waals surface area contributed by atoms with Crippen LogP contribution in [0.2, 0.25) is 0 Å². The Morgan fingerprint density at radius 1 is 1.42 bits per heavy atom. The summed E-state index contributed by atoms with van der Waals surface area (Å²) in [6.07, 6.45) is 5.60. The van der Waals surface area contributed by atoms with E-state index < -0.39 is 0 Å². The third kappa shape index (κ3) is 1.73. The average Bonchev–Trinajstić information content (AvgIpc) is 2.38. The average molecular weight is 256 g/mol. The summed E-state index contributed by atoms with van der Waals surface area (Å²) >= 11 is 0. The second-order valence-corrected chi connectivity index (χ2v) is 5.98. The van der Waals surface area contributed by atoms with Crippen molar-refractivity contribution in [3.8, 4) is 5.75 Å². The van der Waals surface area contributed by atoms with Crippen LogP contribution in [-0.4, -0.2) is 10.9 Å². The van der Waals surface area contributed by atoms with Crippen LogP contribution in [0, 0.1) is 5.41 Å². The van der Waals surface area contributed by atoms with Crippen molar-refractivity contribution in [1.29, 1.82) is 0 Å². The zero-order valence-corrected chi connectivity index (χ0v) is 11.6. The number of carbonyl (C=O) groups excluding carboxylic acids is 1. The van der Waals surface area contributed by atoms with E-state index >= 15 is 0 Å². The minimum atomic E-state index is -0.205. The van der Waals surface area contributed by atoms with Gasteiger partial charge in [0.2, 0.25) is 0 Å². The number of allylic oxidation sites excluding steroid dienone is 2. The van der Waals surface area contributed by atoms with Gasteiger partial charge in [-0.1, -0.05) is 24.6 Å². The summed E-state index contributed by atoms with van der Waals surface area (Å²) in [5, 5.41) is 9.63. The van der Waals surface area contributed by atoms with Gasteiger partial charge >= 0.3 is 0 Å². The number of hydrogen-bond acceptors (Lipinski definition) is 2. The first-order valence-electron chi connectivity index (χ1n) is 7.09. The number of fused-ring (bicyclic) bond motifs is 3. The second kappa shape index (κ2) is 4.22. The molecule has 2 aliphatic rings. The first-order valence-corrected chi connectivity index (χ1v) is 7.09. The van der Waals surface area contributed by atoms with Crippen LogP contribution in [0.4, 0.5) is 0 Å². The maximum atomic E-state index is 12.6. The Labute approximate surface area is 114 Å². The van der Waals surface area contributed by atoms with Gasteiger partial charge in [0.05, 0.1) is 0 Å². The van der Waals surface area contributed by atoms with Crippen molar-refractivity contribution >= 4 is 5.78 Å². The first-order chi connectivity index (χ1) is 9.06. The van der Waals surface area contributed by atoms with E-state index in [0.29, 0.717) is 18.0 Å². The van der Waals surface area contributed by atoms with Crippen molar-refractivity contribution < 1.29 is 9.90 Å². The molecule has 0 saturated heterocycles. The number of hydrogen-bond donors (Lipinski definition) is 1. The fourth-order valence-corrected chi connectivity index (χ4v) is 3.85. The van der Waals surface area contributed by atoms with Crippen molar-refractivity contribution in [2.75, 3.05) is 0 Å². The number of phenolic OH excluding ortho intramolecular Hbond substituents is 1. The minimum absolute atomic E-state index is 0.197. The highest BCUT2D eigenvalue weighted by Gasteiger charge is 2.48. The molecule has 0 aromatic heterocycles. The van der Waals surface area contributed by atoms with E-state index in [2.05, 4.69) is 13.0 Å². The standard InChI is InChI=1S/C17H20O2/c1-3-17-7-6-12-10-13(18)4-5-14(12)15(17)8-11(2)9-16(17)19/h4-5,8,10,15,18H,3,6-7,9H2,1-2H3/t15?,17-/m1/s1. The molecule has 2 heteroatoms. The Kier molecular flexibility index (Phi) is 2.77. The van der Waals surface area contributed by atoms with Crippen LogP contribution in [0.3, 0.4) is 0 Å². The predicted molar refractivity (Wildman–Crippen MR) is 75.3 cm³/mol. The molecule has 0 radical (unpaired) electrons. The van der Waals surface area contributed by atoms with E-state index in [9.17, 15) is 9.90 Å². The monoisotopic (exact) mass is 256 g/mol. The molecule has 0 fully saturated rings. The number of aryl methyl sites for hydroxylation is 1. The Bertz CT molecular complexity index is 571. The van der Waals surface area contributed by atoms with Crippen molar-refractivity contribution in [3.05, 3.63) is 41.0 Å². The van der Waals surface area contributed by atoms with Gasteiger partial charge in [0.25, 0.3) is 0 Å². The third-order valence-electron chi connectivity index (χ3n) is 4.97. The number of rotatable bonds is 1. The van der Waals surface area contributed by atoms with Crippen LogP contribution < -0.4 is 0 Å². The summed E-state index contributed by atoms with van der Waals surface area (Å²) in [4.78, 5) is 12.6. The van der Waals surface area contributed by atoms with Crippen LogP contribution in [0.5, 0.6) is 5.75 Å². The number of carbonyl (C=O) groups is 1. The van der Waals surface area contributed by atoms with Crippen LogP contribution in [0.15, 0.2) is 29.8 Å². The van der Waals surface area contributed by atoms with Gasteiger partial charge in [-0.05, 0) is 49.4 Å². The van der Waals surface area contributed by atoms with Gasteiger partial charge in [-0.2, -0.15) is 0 Å². The van der Waals surface area contributed by atoms with Crippen LogP contribution in [0.1, 0.15) is 50.2 Å². The zero-order chi connectivity index (χ0) is 13.6. The molecule has 1 aromatic carbocycles. The van der Waals surface area contributed by atoms with E-state index in [-0.39, 0.29) is 11.3 Å². The summed E-state index contributed by atoms with van der Waals surface area (Å²) < 4.78 is 0. The highest BCUT2D eigenvalue weighted by molar-refractivity contribution is 5.90. The van der Waals surface area contributed by atoms with Crippen molar-refractivity contribution in [1.82, 2.24) is 0 Å². The van der Waals surface area contributed by atoms with E-state index in [4.69, 9.17) is 0 Å². The number of phenols is 1. The lowest BCUT2D eigenvalue weighted by molar-refractivity contribution is -0.130. The minimum Gasteiger partial charge on any atom is -0.508 e. The molecular weight excluding hydrogens is 236 g/mol. The maximum Gasteiger partial charge on any atom is 0.143 e. The lowest BCUT2D eigenvalue weighted by Crippen LogP contribution is -2.42. The lowest BCUT2D eigenvalue weighted by Gasteiger charge is -2.45. The quantitative estimate of drug-likeness (QED) is 0.777. The number of ketones is 1. The van der Waals surface area contributed by atoms with E-state index in [1.807, 2.05) is 19.1 Å². The molecule has 19 heavy (non-hydrogen) atoms. The molecule has 2 aliphatic carbocycles. The molecule has 0 heterocycles. The van der Waals surface area contributed by atoms with Gasteiger partial charge in [0.1, 0.15) is 11.5 Å². The van der Waals surface area contributed by atoms with Gasteiger partial charge in [0, 0.05) is 17.8 Å². The van der Waals surface area contributed by atoms with Gasteiger partial charge in [-0.15, -0.1) is 0 Å². The molecule has 1 unspecified atom stereocenters. The van der Waals surface area contributed by atoms with Gasteiger partial charge in [-0.25, -0.2) is 0 Å². The fraction of sp³-hybridized carbons (Fsp3) is 0.471. The molecule has 1 aromatic rings. The molecule has 0 saturated carbocycles. The van der Waals surface area contributed by atoms with Crippen molar-refractivity contribution in [3.63, 3.8) is 0 Å². The van der Waals surface area contributed by atoms with Crippen molar-refractivity contribution in [2.24, 2.45) is 5.41 Å². The van der Waals surface area contributed by atoms with Gasteiger partial charge in [-0.3, -0.25) is 4.79 Å². The fourth-order valence-electron chi connectivity index (χ4n) is 3.85. The summed E-state index contributed by atoms with van der Waals surface area (Å²) in [5.41, 5.74) is 3.41. The predicted octanol–water partition coefficient (Wildman–Crippen LogP) is 3.74. The Morgan fingerprint density at radius 3 is 2.95 bits per heavy atom. The summed E-state index contributed by atoms with van der Waals surface area (Å²) in [5.74, 6) is 0.924. The van der Waals surface area contributed by atoms with Crippen molar-refractivity contribution in [2.45, 2.75) is 45.4 Å². The Hall–Kier alpha value is -1.57. The van der Waals surface area contributed by atoms with Crippen LogP contribution in [0.25, 0.3) is 0 Å². The van der Waals surface area contributed by atoms with E-state index in [0.717, 1.165) is 19.3 Å². The molecule has 0 spiro atoms. The largest absolute Gasteiger partial charge is 0.508 e. The third-order valence-corrected chi connectivity index (χ3v) is 4.97. The van der Waals surface area contributed by atoms with E-state index in [1.54, 1.807) is 6.07 Å². The zero-order valence-electron chi connectivity index (χ0n) is 11.6. The number of benzene rings is 1.